The number of methoxy groups -OCH3 is 3. The van der Waals surface area contributed by atoms with Gasteiger partial charge in [0.15, 0.2) is 0 Å². The van der Waals surface area contributed by atoms with Crippen molar-refractivity contribution in [1.82, 2.24) is 0 Å². The number of non-ortho nitro benzene ring substituents is 1. The van der Waals surface area contributed by atoms with Gasteiger partial charge in [-0.25, -0.2) is 4.99 Å². The van der Waals surface area contributed by atoms with Gasteiger partial charge in [-0.1, -0.05) is 0 Å². The van der Waals surface area contributed by atoms with E-state index in [-0.39, 0.29) is 17.0 Å². The first-order chi connectivity index (χ1) is 8.98. The number of hydrogen-bond donors (Lipinski definition) is 1. The fourth-order valence-electron chi connectivity index (χ4n) is 1.32. The van der Waals surface area contributed by atoms with Gasteiger partial charge in [-0.2, -0.15) is 0 Å². The highest BCUT2D eigenvalue weighted by molar-refractivity contribution is 5.84. The van der Waals surface area contributed by atoms with E-state index in [0.717, 1.165) is 0 Å². The maximum Gasteiger partial charge on any atom is 0.394 e. The summed E-state index contributed by atoms with van der Waals surface area (Å²) in [5, 5.41) is 20.2. The second-order valence-electron chi connectivity index (χ2n) is 3.39. The Morgan fingerprint density at radius 3 is 2.37 bits per heavy atom. The van der Waals surface area contributed by atoms with Crippen molar-refractivity contribution in [1.29, 1.82) is 0 Å². The van der Waals surface area contributed by atoms with E-state index in [9.17, 15) is 15.2 Å². The van der Waals surface area contributed by atoms with Crippen molar-refractivity contribution in [2.75, 3.05) is 21.3 Å². The summed E-state index contributed by atoms with van der Waals surface area (Å²) >= 11 is 0. The maximum atomic E-state index is 10.6. The molecule has 104 valence electrons. The summed E-state index contributed by atoms with van der Waals surface area (Å²) in [6.07, 6.45) is -0.490. The molecule has 0 bridgehead atoms. The van der Waals surface area contributed by atoms with Gasteiger partial charge in [0.2, 0.25) is 0 Å². The first kappa shape index (κ1) is 15.0. The standard InChI is InChI=1S/C11H14N2O6/c1-17-11(18-2,19-3)12-7-8-6-9(13(15)16)4-5-10(8)14/h4-7,14H,1-3H3/b12-7+. The zero-order chi connectivity index (χ0) is 14.5. The molecule has 0 atom stereocenters. The second kappa shape index (κ2) is 6.23. The zero-order valence-corrected chi connectivity index (χ0v) is 10.7. The van der Waals surface area contributed by atoms with Crippen LogP contribution < -0.4 is 0 Å². The Morgan fingerprint density at radius 2 is 1.89 bits per heavy atom. The Hall–Kier alpha value is -2.03. The molecule has 0 aliphatic carbocycles. The predicted molar refractivity (Wildman–Crippen MR) is 66.1 cm³/mol. The quantitative estimate of drug-likeness (QED) is 0.361. The number of nitro benzene ring substituents is 1. The molecule has 1 aromatic rings. The molecule has 0 saturated carbocycles. The lowest BCUT2D eigenvalue weighted by Gasteiger charge is -2.23. The van der Waals surface area contributed by atoms with Gasteiger partial charge in [0.05, 0.1) is 4.92 Å². The van der Waals surface area contributed by atoms with Crippen LogP contribution in [0.15, 0.2) is 23.2 Å². The van der Waals surface area contributed by atoms with Crippen LogP contribution in [-0.4, -0.2) is 43.7 Å². The summed E-state index contributed by atoms with van der Waals surface area (Å²) in [6, 6.07) is 3.56. The molecule has 8 nitrogen and oxygen atoms in total. The summed E-state index contributed by atoms with van der Waals surface area (Å²) in [6.45, 7) is 0. The van der Waals surface area contributed by atoms with Crippen LogP contribution in [0.4, 0.5) is 5.69 Å². The highest BCUT2D eigenvalue weighted by atomic mass is 16.9. The van der Waals surface area contributed by atoms with Crippen LogP contribution >= 0.6 is 0 Å². The molecule has 0 aliphatic heterocycles. The molecule has 19 heavy (non-hydrogen) atoms. The molecule has 8 heteroatoms. The van der Waals surface area contributed by atoms with Crippen molar-refractivity contribution in [2.24, 2.45) is 4.99 Å². The summed E-state index contributed by atoms with van der Waals surface area (Å²) in [7, 11) is 3.95. The minimum atomic E-state index is -1.66. The molecule has 0 amide bonds. The number of benzene rings is 1. The SMILES string of the molecule is COC(/N=C/c1cc([N+](=O)[O-])ccc1O)(OC)OC. The number of hydrogen-bond acceptors (Lipinski definition) is 7. The van der Waals surface area contributed by atoms with Gasteiger partial charge >= 0.3 is 6.10 Å². The van der Waals surface area contributed by atoms with Crippen LogP contribution in [0.2, 0.25) is 0 Å². The number of aliphatic imine (C=N–C) groups is 1. The van der Waals surface area contributed by atoms with E-state index < -0.39 is 11.0 Å². The number of phenolic OH excluding ortho intramolecular Hbond substituents is 1. The molecule has 0 aliphatic rings. The Labute approximate surface area is 109 Å². The number of ether oxygens (including phenoxy) is 3. The third-order valence-corrected chi connectivity index (χ3v) is 2.36. The van der Waals surface area contributed by atoms with Gasteiger partial charge in [0.25, 0.3) is 5.69 Å². The lowest BCUT2D eigenvalue weighted by Crippen LogP contribution is -2.33. The third kappa shape index (κ3) is 3.47. The predicted octanol–water partition coefficient (Wildman–Crippen LogP) is 1.27. The minimum Gasteiger partial charge on any atom is -0.507 e. The molecule has 0 unspecified atom stereocenters. The summed E-state index contributed by atoms with van der Waals surface area (Å²) in [5.41, 5.74) is -0.0261. The molecular weight excluding hydrogens is 256 g/mol. The van der Waals surface area contributed by atoms with E-state index in [0.29, 0.717) is 0 Å². The second-order valence-corrected chi connectivity index (χ2v) is 3.39. The van der Waals surface area contributed by atoms with Gasteiger partial charge in [-0.15, -0.1) is 0 Å². The van der Waals surface area contributed by atoms with Crippen molar-refractivity contribution in [3.63, 3.8) is 0 Å². The normalized spacial score (nSPS) is 11.9. The van der Waals surface area contributed by atoms with Crippen molar-refractivity contribution in [2.45, 2.75) is 6.10 Å². The highest BCUT2D eigenvalue weighted by Crippen LogP contribution is 2.22. The molecule has 0 spiro atoms. The smallest absolute Gasteiger partial charge is 0.394 e. The number of aromatic hydroxyl groups is 1. The molecule has 0 fully saturated rings. The van der Waals surface area contributed by atoms with Crippen LogP contribution in [0.1, 0.15) is 5.56 Å². The molecule has 1 N–H and O–H groups in total. The van der Waals surface area contributed by atoms with Crippen LogP contribution in [-0.2, 0) is 14.2 Å². The maximum absolute atomic E-state index is 10.6. The molecule has 0 aromatic heterocycles. The van der Waals surface area contributed by atoms with Gasteiger partial charge in [0, 0.05) is 45.2 Å². The fraction of sp³-hybridized carbons (Fsp3) is 0.364. The van der Waals surface area contributed by atoms with Crippen LogP contribution in [0, 0.1) is 10.1 Å². The molecule has 0 heterocycles. The monoisotopic (exact) mass is 270 g/mol. The van der Waals surface area contributed by atoms with Crippen molar-refractivity contribution >= 4 is 11.9 Å². The molecule has 0 radical (unpaired) electrons. The molecular formula is C11H14N2O6. The van der Waals surface area contributed by atoms with Crippen LogP contribution in [0.5, 0.6) is 5.75 Å². The molecule has 0 saturated heterocycles. The van der Waals surface area contributed by atoms with E-state index in [1.54, 1.807) is 0 Å². The van der Waals surface area contributed by atoms with Crippen molar-refractivity contribution in [3.8, 4) is 5.75 Å². The number of phenols is 1. The zero-order valence-electron chi connectivity index (χ0n) is 10.7. The lowest BCUT2D eigenvalue weighted by molar-refractivity contribution is -0.384. The number of nitrogens with zero attached hydrogens (tertiary/aromatic N) is 2. The van der Waals surface area contributed by atoms with Crippen molar-refractivity contribution < 1.29 is 24.2 Å². The average Bonchev–Trinajstić information content (AvgIpc) is 2.42. The first-order valence-electron chi connectivity index (χ1n) is 5.16. The van der Waals surface area contributed by atoms with Gasteiger partial charge in [0.1, 0.15) is 5.75 Å². The van der Waals surface area contributed by atoms with Crippen molar-refractivity contribution in [3.05, 3.63) is 33.9 Å². The number of nitro groups is 1. The Balaban J connectivity index is 3.10. The van der Waals surface area contributed by atoms with Crippen LogP contribution in [0.25, 0.3) is 0 Å². The first-order valence-corrected chi connectivity index (χ1v) is 5.16. The largest absolute Gasteiger partial charge is 0.507 e. The Morgan fingerprint density at radius 1 is 1.32 bits per heavy atom. The Bertz CT molecular complexity index is 476. The Kier molecular flexibility index (Phi) is 4.93. The third-order valence-electron chi connectivity index (χ3n) is 2.36. The van der Waals surface area contributed by atoms with Gasteiger partial charge in [-0.3, -0.25) is 10.1 Å². The molecule has 1 aromatic carbocycles. The number of rotatable bonds is 6. The van der Waals surface area contributed by atoms with E-state index in [2.05, 4.69) is 4.99 Å². The van der Waals surface area contributed by atoms with E-state index >= 15 is 0 Å². The van der Waals surface area contributed by atoms with Gasteiger partial charge in [-0.05, 0) is 6.07 Å². The van der Waals surface area contributed by atoms with Gasteiger partial charge < -0.3 is 19.3 Å². The van der Waals surface area contributed by atoms with E-state index in [4.69, 9.17) is 14.2 Å². The topological polar surface area (TPSA) is 103 Å². The molecule has 1 rings (SSSR count). The summed E-state index contributed by atoms with van der Waals surface area (Å²) in [5.74, 6) is -0.161. The summed E-state index contributed by atoms with van der Waals surface area (Å²) < 4.78 is 14.8. The van der Waals surface area contributed by atoms with Crippen LogP contribution in [0.3, 0.4) is 0 Å². The lowest BCUT2D eigenvalue weighted by atomic mass is 10.2. The summed E-state index contributed by atoms with van der Waals surface area (Å²) in [4.78, 5) is 13.9. The highest BCUT2D eigenvalue weighted by Gasteiger charge is 2.28. The minimum absolute atomic E-state index is 0.143. The van der Waals surface area contributed by atoms with E-state index in [1.807, 2.05) is 0 Å². The average molecular weight is 270 g/mol. The van der Waals surface area contributed by atoms with E-state index in [1.165, 1.54) is 45.7 Å². The fourth-order valence-corrected chi connectivity index (χ4v) is 1.32.